The van der Waals surface area contributed by atoms with Gasteiger partial charge in [-0.15, -0.1) is 0 Å². The zero-order valence-corrected chi connectivity index (χ0v) is 16.0. The molecule has 5 heteroatoms. The summed E-state index contributed by atoms with van der Waals surface area (Å²) in [7, 11) is 0. The maximum absolute atomic E-state index is 13.7. The summed E-state index contributed by atoms with van der Waals surface area (Å²) in [6.45, 7) is 2.49. The number of hydrogen-bond acceptors (Lipinski definition) is 4. The number of aromatic nitrogens is 2. The average molecular weight is 385 g/mol. The van der Waals surface area contributed by atoms with E-state index in [-0.39, 0.29) is 5.82 Å². The summed E-state index contributed by atoms with van der Waals surface area (Å²) in [6.07, 6.45) is 1.18. The SMILES string of the molecule is Cc1ccc(-c2ccc(-c3nc(NCCC=O)c4cc(F)ccc4n3)cc2)cc1. The molecule has 3 aromatic carbocycles. The number of halogens is 1. The van der Waals surface area contributed by atoms with Gasteiger partial charge in [-0.05, 0) is 36.2 Å². The lowest BCUT2D eigenvalue weighted by molar-refractivity contribution is -0.107. The minimum atomic E-state index is -0.352. The van der Waals surface area contributed by atoms with Crippen molar-refractivity contribution in [3.05, 3.63) is 78.1 Å². The van der Waals surface area contributed by atoms with Gasteiger partial charge in [-0.3, -0.25) is 0 Å². The van der Waals surface area contributed by atoms with Crippen LogP contribution in [-0.2, 0) is 4.79 Å². The molecule has 0 aliphatic rings. The van der Waals surface area contributed by atoms with Crippen molar-refractivity contribution in [2.24, 2.45) is 0 Å². The highest BCUT2D eigenvalue weighted by Gasteiger charge is 2.11. The highest BCUT2D eigenvalue weighted by molar-refractivity contribution is 5.90. The fraction of sp³-hybridized carbons (Fsp3) is 0.125. The summed E-state index contributed by atoms with van der Waals surface area (Å²) in [4.78, 5) is 19.8. The maximum atomic E-state index is 13.7. The number of carbonyl (C=O) groups excluding carboxylic acids is 1. The van der Waals surface area contributed by atoms with Gasteiger partial charge in [0, 0.05) is 23.9 Å². The van der Waals surface area contributed by atoms with Crippen LogP contribution in [0.2, 0.25) is 0 Å². The molecule has 1 heterocycles. The Morgan fingerprint density at radius 1 is 0.897 bits per heavy atom. The molecule has 0 atom stereocenters. The summed E-state index contributed by atoms with van der Waals surface area (Å²) < 4.78 is 13.7. The molecule has 0 spiro atoms. The van der Waals surface area contributed by atoms with Gasteiger partial charge in [0.15, 0.2) is 5.82 Å². The van der Waals surface area contributed by atoms with E-state index in [2.05, 4.69) is 46.5 Å². The molecule has 4 nitrogen and oxygen atoms in total. The van der Waals surface area contributed by atoms with Crippen LogP contribution in [0.4, 0.5) is 10.2 Å². The lowest BCUT2D eigenvalue weighted by atomic mass is 10.0. The summed E-state index contributed by atoms with van der Waals surface area (Å²) in [5.41, 5.74) is 4.99. The van der Waals surface area contributed by atoms with Gasteiger partial charge in [0.1, 0.15) is 17.9 Å². The first-order valence-electron chi connectivity index (χ1n) is 9.46. The van der Waals surface area contributed by atoms with Gasteiger partial charge in [-0.25, -0.2) is 14.4 Å². The molecule has 29 heavy (non-hydrogen) atoms. The average Bonchev–Trinajstić information content (AvgIpc) is 2.75. The normalized spacial score (nSPS) is 10.8. The van der Waals surface area contributed by atoms with Crippen LogP contribution in [-0.4, -0.2) is 22.8 Å². The Labute approximate surface area is 168 Å². The van der Waals surface area contributed by atoms with Crippen molar-refractivity contribution < 1.29 is 9.18 Å². The Morgan fingerprint density at radius 2 is 1.55 bits per heavy atom. The first-order chi connectivity index (χ1) is 14.1. The minimum Gasteiger partial charge on any atom is -0.369 e. The first kappa shape index (κ1) is 18.7. The maximum Gasteiger partial charge on any atom is 0.162 e. The van der Waals surface area contributed by atoms with E-state index in [0.717, 1.165) is 23.0 Å². The van der Waals surface area contributed by atoms with Gasteiger partial charge in [0.25, 0.3) is 0 Å². The molecular formula is C24H20FN3O. The number of carbonyl (C=O) groups is 1. The van der Waals surface area contributed by atoms with Crippen LogP contribution in [0, 0.1) is 12.7 Å². The number of nitrogens with zero attached hydrogens (tertiary/aromatic N) is 2. The van der Waals surface area contributed by atoms with E-state index in [4.69, 9.17) is 0 Å². The number of benzene rings is 3. The van der Waals surface area contributed by atoms with Crippen molar-refractivity contribution in [1.29, 1.82) is 0 Å². The Morgan fingerprint density at radius 3 is 2.24 bits per heavy atom. The zero-order chi connectivity index (χ0) is 20.2. The lowest BCUT2D eigenvalue weighted by Crippen LogP contribution is -2.06. The minimum absolute atomic E-state index is 0.349. The first-order valence-corrected chi connectivity index (χ1v) is 9.46. The fourth-order valence-electron chi connectivity index (χ4n) is 3.17. The summed E-state index contributed by atoms with van der Waals surface area (Å²) in [6, 6.07) is 20.8. The number of nitrogens with one attached hydrogen (secondary N) is 1. The van der Waals surface area contributed by atoms with E-state index in [0.29, 0.717) is 35.5 Å². The van der Waals surface area contributed by atoms with Crippen molar-refractivity contribution in [3.8, 4) is 22.5 Å². The molecular weight excluding hydrogens is 365 g/mol. The van der Waals surface area contributed by atoms with E-state index in [9.17, 15) is 9.18 Å². The number of anilines is 1. The standard InChI is InChI=1S/C24H20FN3O/c1-16-3-5-17(6-4-16)18-7-9-19(10-8-18)23-27-22-12-11-20(25)15-21(22)24(28-23)26-13-2-14-29/h3-12,14-15H,2,13H2,1H3,(H,26,27,28). The van der Waals surface area contributed by atoms with Gasteiger partial charge >= 0.3 is 0 Å². The largest absolute Gasteiger partial charge is 0.369 e. The molecule has 0 fully saturated rings. The Kier molecular flexibility index (Phi) is 5.29. The molecule has 0 aliphatic carbocycles. The molecule has 0 unspecified atom stereocenters. The molecule has 0 aliphatic heterocycles. The third-order valence-corrected chi connectivity index (χ3v) is 4.74. The molecule has 0 saturated carbocycles. The van der Waals surface area contributed by atoms with Crippen LogP contribution in [0.5, 0.6) is 0 Å². The lowest BCUT2D eigenvalue weighted by Gasteiger charge is -2.11. The molecule has 0 bridgehead atoms. The van der Waals surface area contributed by atoms with Crippen molar-refractivity contribution in [1.82, 2.24) is 9.97 Å². The molecule has 4 aromatic rings. The Balaban J connectivity index is 1.71. The van der Waals surface area contributed by atoms with Gasteiger partial charge in [0.05, 0.1) is 5.52 Å². The summed E-state index contributed by atoms with van der Waals surface area (Å²) in [5, 5.41) is 3.71. The van der Waals surface area contributed by atoms with E-state index in [1.807, 2.05) is 24.3 Å². The van der Waals surface area contributed by atoms with Crippen molar-refractivity contribution in [3.63, 3.8) is 0 Å². The van der Waals surface area contributed by atoms with Gasteiger partial charge < -0.3 is 10.1 Å². The molecule has 4 rings (SSSR count). The number of aldehydes is 1. The fourth-order valence-corrected chi connectivity index (χ4v) is 3.17. The second-order valence-electron chi connectivity index (χ2n) is 6.88. The van der Waals surface area contributed by atoms with Crippen molar-refractivity contribution in [2.75, 3.05) is 11.9 Å². The molecule has 0 radical (unpaired) electrons. The topological polar surface area (TPSA) is 54.9 Å². The van der Waals surface area contributed by atoms with Crippen LogP contribution in [0.1, 0.15) is 12.0 Å². The molecule has 1 N–H and O–H groups in total. The zero-order valence-electron chi connectivity index (χ0n) is 16.0. The molecule has 144 valence electrons. The number of rotatable bonds is 6. The number of fused-ring (bicyclic) bond motifs is 1. The van der Waals surface area contributed by atoms with Gasteiger partial charge in [-0.1, -0.05) is 54.1 Å². The van der Waals surface area contributed by atoms with Crippen LogP contribution in [0.25, 0.3) is 33.4 Å². The molecule has 0 saturated heterocycles. The monoisotopic (exact) mass is 385 g/mol. The summed E-state index contributed by atoms with van der Waals surface area (Å²) >= 11 is 0. The Hall–Kier alpha value is -3.60. The quantitative estimate of drug-likeness (QED) is 0.356. The van der Waals surface area contributed by atoms with E-state index in [1.54, 1.807) is 6.07 Å². The van der Waals surface area contributed by atoms with Crippen LogP contribution < -0.4 is 5.32 Å². The summed E-state index contributed by atoms with van der Waals surface area (Å²) in [5.74, 6) is 0.719. The van der Waals surface area contributed by atoms with Crippen LogP contribution in [0.15, 0.2) is 66.7 Å². The predicted octanol–water partition coefficient (Wildman–Crippen LogP) is 5.41. The number of aryl methyl sites for hydroxylation is 1. The smallest absolute Gasteiger partial charge is 0.162 e. The molecule has 0 amide bonds. The second kappa shape index (κ2) is 8.19. The van der Waals surface area contributed by atoms with Crippen LogP contribution in [0.3, 0.4) is 0 Å². The van der Waals surface area contributed by atoms with Crippen molar-refractivity contribution >= 4 is 23.0 Å². The van der Waals surface area contributed by atoms with Crippen LogP contribution >= 0.6 is 0 Å². The Bertz CT molecular complexity index is 1160. The third-order valence-electron chi connectivity index (χ3n) is 4.74. The van der Waals surface area contributed by atoms with E-state index in [1.165, 1.54) is 17.7 Å². The highest BCUT2D eigenvalue weighted by Crippen LogP contribution is 2.28. The number of hydrogen-bond donors (Lipinski definition) is 1. The second-order valence-corrected chi connectivity index (χ2v) is 6.88. The third kappa shape index (κ3) is 4.14. The van der Waals surface area contributed by atoms with Crippen molar-refractivity contribution in [2.45, 2.75) is 13.3 Å². The highest BCUT2D eigenvalue weighted by atomic mass is 19.1. The van der Waals surface area contributed by atoms with Gasteiger partial charge in [0.2, 0.25) is 0 Å². The van der Waals surface area contributed by atoms with E-state index >= 15 is 0 Å². The predicted molar refractivity (Wildman–Crippen MR) is 114 cm³/mol. The van der Waals surface area contributed by atoms with Gasteiger partial charge in [-0.2, -0.15) is 0 Å². The van der Waals surface area contributed by atoms with E-state index < -0.39 is 0 Å². The molecule has 1 aromatic heterocycles.